The first kappa shape index (κ1) is 22.4. The normalized spacial score (nSPS) is 21.4. The van der Waals surface area contributed by atoms with Gasteiger partial charge in [-0.3, -0.25) is 5.32 Å². The average molecular weight is 439 g/mol. The number of hydrogen-bond donors (Lipinski definition) is 1. The monoisotopic (exact) mass is 439 g/mol. The van der Waals surface area contributed by atoms with Crippen LogP contribution in [0.25, 0.3) is 0 Å². The van der Waals surface area contributed by atoms with Gasteiger partial charge in [0, 0.05) is 12.0 Å². The summed E-state index contributed by atoms with van der Waals surface area (Å²) in [4.78, 5) is 0. The molecule has 3 rings (SSSR count). The van der Waals surface area contributed by atoms with Crippen molar-refractivity contribution in [3.05, 3.63) is 64.7 Å². The van der Waals surface area contributed by atoms with Crippen LogP contribution in [0.5, 0.6) is 5.75 Å². The van der Waals surface area contributed by atoms with Gasteiger partial charge >= 0.3 is 12.4 Å². The predicted octanol–water partition coefficient (Wildman–Crippen LogP) is 4.90. The van der Waals surface area contributed by atoms with Crippen LogP contribution in [0.2, 0.25) is 0 Å². The van der Waals surface area contributed by atoms with Crippen molar-refractivity contribution in [1.29, 1.82) is 10.5 Å². The molecule has 10 heteroatoms. The smallest absolute Gasteiger partial charge is 0.417 e. The van der Waals surface area contributed by atoms with Crippen LogP contribution in [0.1, 0.15) is 34.6 Å². The lowest BCUT2D eigenvalue weighted by molar-refractivity contribution is -0.156. The van der Waals surface area contributed by atoms with Gasteiger partial charge in [0.2, 0.25) is 0 Å². The summed E-state index contributed by atoms with van der Waals surface area (Å²) in [6, 6.07) is 9.20. The second-order valence-electron chi connectivity index (χ2n) is 7.09. The van der Waals surface area contributed by atoms with Crippen LogP contribution in [0, 0.1) is 22.7 Å². The van der Waals surface area contributed by atoms with E-state index in [0.29, 0.717) is 17.4 Å². The zero-order valence-corrected chi connectivity index (χ0v) is 15.8. The minimum atomic E-state index is -4.87. The summed E-state index contributed by atoms with van der Waals surface area (Å²) in [5.74, 6) is -0.988. The molecular formula is C21H15F6N3O. The molecule has 31 heavy (non-hydrogen) atoms. The zero-order chi connectivity index (χ0) is 22.8. The Labute approximate surface area is 173 Å². The van der Waals surface area contributed by atoms with Crippen molar-refractivity contribution in [3.63, 3.8) is 0 Å². The molecular weight excluding hydrogens is 424 g/mol. The molecule has 2 aromatic rings. The zero-order valence-electron chi connectivity index (χ0n) is 15.8. The number of benzene rings is 2. The maximum atomic E-state index is 13.6. The van der Waals surface area contributed by atoms with E-state index >= 15 is 0 Å². The fourth-order valence-corrected chi connectivity index (χ4v) is 3.62. The van der Waals surface area contributed by atoms with Crippen molar-refractivity contribution in [2.45, 2.75) is 36.8 Å². The third-order valence-corrected chi connectivity index (χ3v) is 5.02. The third-order valence-electron chi connectivity index (χ3n) is 5.02. The van der Waals surface area contributed by atoms with Crippen LogP contribution >= 0.6 is 0 Å². The number of rotatable bonds is 4. The highest BCUT2D eigenvalue weighted by Gasteiger charge is 2.51. The molecule has 162 valence electrons. The first-order valence-electron chi connectivity index (χ1n) is 9.10. The highest BCUT2D eigenvalue weighted by Crippen LogP contribution is 2.42. The van der Waals surface area contributed by atoms with Gasteiger partial charge in [0.05, 0.1) is 28.8 Å². The average Bonchev–Trinajstić information content (AvgIpc) is 3.16. The number of alkyl halides is 6. The van der Waals surface area contributed by atoms with Crippen molar-refractivity contribution < 1.29 is 31.1 Å². The van der Waals surface area contributed by atoms with Gasteiger partial charge in [-0.15, -0.1) is 0 Å². The van der Waals surface area contributed by atoms with Crippen LogP contribution in [0.4, 0.5) is 26.3 Å². The van der Waals surface area contributed by atoms with Gasteiger partial charge in [-0.25, -0.2) is 0 Å². The Morgan fingerprint density at radius 1 is 1.00 bits per heavy atom. The van der Waals surface area contributed by atoms with Crippen molar-refractivity contribution >= 4 is 0 Å². The highest BCUT2D eigenvalue weighted by molar-refractivity contribution is 5.44. The lowest BCUT2D eigenvalue weighted by Crippen LogP contribution is -2.44. The molecule has 1 aliphatic rings. The Kier molecular flexibility index (Phi) is 6.14. The predicted molar refractivity (Wildman–Crippen MR) is 96.9 cm³/mol. The molecule has 0 aliphatic carbocycles. The van der Waals surface area contributed by atoms with E-state index in [0.717, 1.165) is 12.1 Å². The number of nitrogens with zero attached hydrogens (tertiary/aromatic N) is 2. The van der Waals surface area contributed by atoms with Gasteiger partial charge in [-0.05, 0) is 42.3 Å². The summed E-state index contributed by atoms with van der Waals surface area (Å²) in [5.41, 5.74) is -1.75. The van der Waals surface area contributed by atoms with Crippen molar-refractivity contribution in [1.82, 2.24) is 5.32 Å². The Morgan fingerprint density at radius 2 is 1.74 bits per heavy atom. The molecule has 1 saturated heterocycles. The van der Waals surface area contributed by atoms with Crippen molar-refractivity contribution in [3.8, 4) is 17.9 Å². The van der Waals surface area contributed by atoms with E-state index in [4.69, 9.17) is 15.3 Å². The molecule has 0 radical (unpaired) electrons. The van der Waals surface area contributed by atoms with Gasteiger partial charge in [0.1, 0.15) is 18.4 Å². The molecule has 1 heterocycles. The molecule has 1 N–H and O–H groups in total. The Bertz CT molecular complexity index is 1040. The van der Waals surface area contributed by atoms with E-state index in [9.17, 15) is 26.3 Å². The summed E-state index contributed by atoms with van der Waals surface area (Å²) in [6.45, 7) is -0.166. The minimum absolute atomic E-state index is 0.120. The number of ether oxygens (including phenoxy) is 1. The topological polar surface area (TPSA) is 68.8 Å². The number of halogens is 6. The number of hydrogen-bond acceptors (Lipinski definition) is 4. The van der Waals surface area contributed by atoms with Crippen LogP contribution < -0.4 is 10.1 Å². The lowest BCUT2D eigenvalue weighted by Gasteiger charge is -2.23. The van der Waals surface area contributed by atoms with E-state index in [-0.39, 0.29) is 18.6 Å². The fourth-order valence-electron chi connectivity index (χ4n) is 3.62. The molecule has 0 aromatic heterocycles. The van der Waals surface area contributed by atoms with E-state index in [1.807, 2.05) is 6.07 Å². The van der Waals surface area contributed by atoms with Crippen LogP contribution in [-0.2, 0) is 6.18 Å². The molecule has 3 atom stereocenters. The van der Waals surface area contributed by atoms with Crippen LogP contribution in [-0.4, -0.2) is 24.9 Å². The third kappa shape index (κ3) is 5.09. The van der Waals surface area contributed by atoms with Crippen molar-refractivity contribution in [2.24, 2.45) is 0 Å². The first-order valence-corrected chi connectivity index (χ1v) is 9.10. The second-order valence-corrected chi connectivity index (χ2v) is 7.09. The quantitative estimate of drug-likeness (QED) is 0.688. The summed E-state index contributed by atoms with van der Waals surface area (Å²) >= 11 is 0. The summed E-state index contributed by atoms with van der Waals surface area (Å²) in [6.07, 6.45) is -9.69. The van der Waals surface area contributed by atoms with Gasteiger partial charge in [0.15, 0.2) is 0 Å². The second kappa shape index (κ2) is 8.48. The molecule has 3 unspecified atom stereocenters. The Balaban J connectivity index is 1.84. The standard InChI is InChI=1S/C21H15F6N3O/c22-20(23,24)18-7-13(4-5-14(18)10-29)17-8-15(30-19(17)21(25,26)27)11-31-16-3-1-2-12(6-16)9-28/h1-7,15,17,19,30H,8,11H2. The largest absolute Gasteiger partial charge is 0.492 e. The summed E-state index contributed by atoms with van der Waals surface area (Å²) in [7, 11) is 0. The van der Waals surface area contributed by atoms with Gasteiger partial charge < -0.3 is 4.74 Å². The fraction of sp³-hybridized carbons (Fsp3) is 0.333. The highest BCUT2D eigenvalue weighted by atomic mass is 19.4. The SMILES string of the molecule is N#Cc1cccc(OCC2CC(c3ccc(C#N)c(C(F)(F)F)c3)C(C(F)(F)F)N2)c1. The summed E-state index contributed by atoms with van der Waals surface area (Å²) in [5, 5.41) is 20.2. The molecule has 0 saturated carbocycles. The van der Waals surface area contributed by atoms with Gasteiger partial charge in [-0.2, -0.15) is 36.9 Å². The maximum Gasteiger partial charge on any atom is 0.417 e. The number of nitriles is 2. The molecule has 1 fully saturated rings. The molecule has 0 spiro atoms. The first-order chi connectivity index (χ1) is 14.5. The Morgan fingerprint density at radius 3 is 2.35 bits per heavy atom. The van der Waals surface area contributed by atoms with Gasteiger partial charge in [-0.1, -0.05) is 12.1 Å². The Hall–Kier alpha value is -3.24. The maximum absolute atomic E-state index is 13.6. The number of nitrogens with one attached hydrogen (secondary N) is 1. The van der Waals surface area contributed by atoms with Crippen molar-refractivity contribution in [2.75, 3.05) is 6.61 Å². The van der Waals surface area contributed by atoms with E-state index in [1.165, 1.54) is 12.1 Å². The summed E-state index contributed by atoms with van der Waals surface area (Å²) < 4.78 is 86.0. The molecule has 1 aliphatic heterocycles. The molecule has 4 nitrogen and oxygen atoms in total. The minimum Gasteiger partial charge on any atom is -0.492 e. The van der Waals surface area contributed by atoms with E-state index in [2.05, 4.69) is 5.32 Å². The van der Waals surface area contributed by atoms with Gasteiger partial charge in [0.25, 0.3) is 0 Å². The van der Waals surface area contributed by atoms with Crippen LogP contribution in [0.3, 0.4) is 0 Å². The molecule has 2 aromatic carbocycles. The van der Waals surface area contributed by atoms with E-state index < -0.39 is 41.5 Å². The molecule has 0 bridgehead atoms. The van der Waals surface area contributed by atoms with Crippen LogP contribution in [0.15, 0.2) is 42.5 Å². The van der Waals surface area contributed by atoms with E-state index in [1.54, 1.807) is 18.2 Å². The lowest BCUT2D eigenvalue weighted by atomic mass is 9.88. The molecule has 0 amide bonds.